The van der Waals surface area contributed by atoms with Crippen LogP contribution in [0.3, 0.4) is 0 Å². The first-order valence-electron chi connectivity index (χ1n) is 11.7. The average molecular weight is 515 g/mol. The lowest BCUT2D eigenvalue weighted by molar-refractivity contribution is -0.131. The highest BCUT2D eigenvalue weighted by Crippen LogP contribution is 2.32. The molecule has 9 heteroatoms. The molecule has 1 aliphatic heterocycles. The summed E-state index contributed by atoms with van der Waals surface area (Å²) in [6.07, 6.45) is 1.30. The van der Waals surface area contributed by atoms with Gasteiger partial charge in [0.15, 0.2) is 5.82 Å². The summed E-state index contributed by atoms with van der Waals surface area (Å²) >= 11 is 0. The van der Waals surface area contributed by atoms with E-state index in [1.807, 2.05) is 12.1 Å². The summed E-state index contributed by atoms with van der Waals surface area (Å²) in [5.74, 6) is -1.84. The third-order valence-corrected chi connectivity index (χ3v) is 7.90. The number of amides is 1. The minimum absolute atomic E-state index is 0.0526. The summed E-state index contributed by atoms with van der Waals surface area (Å²) in [5, 5.41) is 0. The molecule has 0 aromatic heterocycles. The predicted octanol–water partition coefficient (Wildman–Crippen LogP) is 5.37. The standard InChI is InChI=1S/C27H28F2N2O4S/c1-4-17(2)19-7-5-18(6-8-19)11-26(32)31-15-20-9-10-23(12-21(20)16-31)36(33,34)30-27-24(29)13-22(28)14-25(27)35-3/h5-10,12-14,17,30H,4,11,15-16H2,1-3H3. The van der Waals surface area contributed by atoms with Crippen LogP contribution in [0, 0.1) is 11.6 Å². The van der Waals surface area contributed by atoms with Crippen molar-refractivity contribution in [2.45, 2.75) is 50.6 Å². The second-order valence-electron chi connectivity index (χ2n) is 8.98. The van der Waals surface area contributed by atoms with Crippen molar-refractivity contribution in [3.05, 3.63) is 88.5 Å². The zero-order chi connectivity index (χ0) is 26.0. The van der Waals surface area contributed by atoms with Crippen LogP contribution in [0.15, 0.2) is 59.5 Å². The lowest BCUT2D eigenvalue weighted by atomic mass is 9.97. The van der Waals surface area contributed by atoms with Gasteiger partial charge in [-0.3, -0.25) is 9.52 Å². The van der Waals surface area contributed by atoms with Gasteiger partial charge in [0, 0.05) is 25.2 Å². The molecule has 36 heavy (non-hydrogen) atoms. The molecule has 0 radical (unpaired) electrons. The number of halogens is 2. The van der Waals surface area contributed by atoms with Crippen molar-refractivity contribution in [3.8, 4) is 5.75 Å². The number of rotatable bonds is 8. The number of fused-ring (bicyclic) bond motifs is 1. The number of ether oxygens (including phenoxy) is 1. The fraction of sp³-hybridized carbons (Fsp3) is 0.296. The van der Waals surface area contributed by atoms with Crippen LogP contribution in [-0.4, -0.2) is 26.3 Å². The molecule has 0 saturated heterocycles. The number of carbonyl (C=O) groups excluding carboxylic acids is 1. The molecule has 1 atom stereocenters. The van der Waals surface area contributed by atoms with Gasteiger partial charge in [-0.2, -0.15) is 0 Å². The van der Waals surface area contributed by atoms with E-state index in [1.165, 1.54) is 24.8 Å². The Morgan fingerprint density at radius 2 is 1.75 bits per heavy atom. The van der Waals surface area contributed by atoms with Crippen LogP contribution < -0.4 is 9.46 Å². The Kier molecular flexibility index (Phi) is 7.31. The van der Waals surface area contributed by atoms with Gasteiger partial charge in [-0.1, -0.05) is 44.2 Å². The highest BCUT2D eigenvalue weighted by Gasteiger charge is 2.27. The van der Waals surface area contributed by atoms with Gasteiger partial charge in [-0.05, 0) is 46.7 Å². The minimum Gasteiger partial charge on any atom is -0.494 e. The number of benzene rings is 3. The second-order valence-corrected chi connectivity index (χ2v) is 10.7. The topological polar surface area (TPSA) is 75.7 Å². The normalized spacial score (nSPS) is 13.9. The van der Waals surface area contributed by atoms with Gasteiger partial charge in [-0.15, -0.1) is 0 Å². The zero-order valence-corrected chi connectivity index (χ0v) is 21.2. The molecule has 1 heterocycles. The van der Waals surface area contributed by atoms with Crippen molar-refractivity contribution in [1.29, 1.82) is 0 Å². The first-order chi connectivity index (χ1) is 17.1. The van der Waals surface area contributed by atoms with E-state index < -0.39 is 27.3 Å². The first-order valence-corrected chi connectivity index (χ1v) is 13.1. The highest BCUT2D eigenvalue weighted by atomic mass is 32.2. The molecule has 1 N–H and O–H groups in total. The molecule has 0 fully saturated rings. The van der Waals surface area contributed by atoms with E-state index in [-0.39, 0.29) is 29.5 Å². The van der Waals surface area contributed by atoms with Crippen molar-refractivity contribution in [2.75, 3.05) is 11.8 Å². The number of carbonyl (C=O) groups is 1. The molecule has 1 aliphatic rings. The van der Waals surface area contributed by atoms with Crippen LogP contribution in [0.1, 0.15) is 48.4 Å². The summed E-state index contributed by atoms with van der Waals surface area (Å²) in [7, 11) is -3.01. The summed E-state index contributed by atoms with van der Waals surface area (Å²) in [4.78, 5) is 14.5. The van der Waals surface area contributed by atoms with Crippen LogP contribution in [0.5, 0.6) is 5.75 Å². The SMILES string of the molecule is CCC(C)c1ccc(CC(=O)N2Cc3ccc(S(=O)(=O)Nc4c(F)cc(F)cc4OC)cc3C2)cc1. The Morgan fingerprint density at radius 1 is 1.06 bits per heavy atom. The number of methoxy groups -OCH3 is 1. The predicted molar refractivity (Wildman–Crippen MR) is 133 cm³/mol. The number of sulfonamides is 1. The molecular weight excluding hydrogens is 486 g/mol. The fourth-order valence-electron chi connectivity index (χ4n) is 4.20. The summed E-state index contributed by atoms with van der Waals surface area (Å²) in [5.41, 5.74) is 3.23. The Balaban J connectivity index is 1.47. The monoisotopic (exact) mass is 514 g/mol. The molecule has 1 amide bonds. The van der Waals surface area contributed by atoms with Gasteiger partial charge in [0.25, 0.3) is 10.0 Å². The molecule has 4 rings (SSSR count). The summed E-state index contributed by atoms with van der Waals surface area (Å²) in [6.45, 7) is 4.96. The maximum Gasteiger partial charge on any atom is 0.262 e. The number of hydrogen-bond donors (Lipinski definition) is 1. The number of anilines is 1. The number of hydrogen-bond acceptors (Lipinski definition) is 4. The van der Waals surface area contributed by atoms with Crippen LogP contribution in [0.4, 0.5) is 14.5 Å². The molecule has 0 bridgehead atoms. The Hall–Kier alpha value is -3.46. The minimum atomic E-state index is -4.20. The van der Waals surface area contributed by atoms with E-state index >= 15 is 0 Å². The van der Waals surface area contributed by atoms with Gasteiger partial charge in [-0.25, -0.2) is 17.2 Å². The molecule has 0 spiro atoms. The summed E-state index contributed by atoms with van der Waals surface area (Å²) in [6, 6.07) is 14.0. The fourth-order valence-corrected chi connectivity index (χ4v) is 5.33. The molecule has 0 saturated carbocycles. The largest absolute Gasteiger partial charge is 0.494 e. The summed E-state index contributed by atoms with van der Waals surface area (Å²) < 4.78 is 60.7. The maximum atomic E-state index is 14.3. The molecule has 1 unspecified atom stereocenters. The van der Waals surface area contributed by atoms with Crippen molar-refractivity contribution < 1.29 is 26.7 Å². The molecule has 3 aromatic carbocycles. The van der Waals surface area contributed by atoms with Gasteiger partial charge in [0.1, 0.15) is 17.3 Å². The van der Waals surface area contributed by atoms with E-state index in [2.05, 4.69) is 30.7 Å². The quantitative estimate of drug-likeness (QED) is 0.438. The van der Waals surface area contributed by atoms with Gasteiger partial charge in [0.2, 0.25) is 5.91 Å². The van der Waals surface area contributed by atoms with Crippen LogP contribution in [0.2, 0.25) is 0 Å². The Labute approximate surface area is 210 Å². The zero-order valence-electron chi connectivity index (χ0n) is 20.3. The lowest BCUT2D eigenvalue weighted by Gasteiger charge is -2.16. The van der Waals surface area contributed by atoms with Crippen LogP contribution in [0.25, 0.3) is 0 Å². The average Bonchev–Trinajstić information content (AvgIpc) is 3.29. The Bertz CT molecular complexity index is 1390. The number of nitrogens with zero attached hydrogens (tertiary/aromatic N) is 1. The number of nitrogens with one attached hydrogen (secondary N) is 1. The van der Waals surface area contributed by atoms with Gasteiger partial charge >= 0.3 is 0 Å². The van der Waals surface area contributed by atoms with E-state index in [0.717, 1.165) is 23.6 Å². The van der Waals surface area contributed by atoms with Crippen molar-refractivity contribution in [3.63, 3.8) is 0 Å². The first kappa shape index (κ1) is 25.6. The van der Waals surface area contributed by atoms with Crippen molar-refractivity contribution >= 4 is 21.6 Å². The third-order valence-electron chi connectivity index (χ3n) is 6.55. The highest BCUT2D eigenvalue weighted by molar-refractivity contribution is 7.92. The van der Waals surface area contributed by atoms with Gasteiger partial charge < -0.3 is 9.64 Å². The molecule has 6 nitrogen and oxygen atoms in total. The molecule has 190 valence electrons. The van der Waals surface area contributed by atoms with Gasteiger partial charge in [0.05, 0.1) is 18.4 Å². The molecular formula is C27H28F2N2O4S. The van der Waals surface area contributed by atoms with E-state index in [0.29, 0.717) is 24.1 Å². The van der Waals surface area contributed by atoms with Crippen LogP contribution >= 0.6 is 0 Å². The smallest absolute Gasteiger partial charge is 0.262 e. The Morgan fingerprint density at radius 3 is 2.42 bits per heavy atom. The second kappa shape index (κ2) is 10.3. The molecule has 3 aromatic rings. The van der Waals surface area contributed by atoms with Crippen molar-refractivity contribution in [2.24, 2.45) is 0 Å². The maximum absolute atomic E-state index is 14.3. The van der Waals surface area contributed by atoms with E-state index in [9.17, 15) is 22.0 Å². The lowest BCUT2D eigenvalue weighted by Crippen LogP contribution is -2.26. The van der Waals surface area contributed by atoms with Crippen LogP contribution in [-0.2, 0) is 34.3 Å². The van der Waals surface area contributed by atoms with E-state index in [4.69, 9.17) is 4.74 Å². The molecule has 0 aliphatic carbocycles. The van der Waals surface area contributed by atoms with Crippen molar-refractivity contribution in [1.82, 2.24) is 4.90 Å². The van der Waals surface area contributed by atoms with E-state index in [1.54, 1.807) is 11.0 Å². The third kappa shape index (κ3) is 5.36.